The van der Waals surface area contributed by atoms with Crippen molar-refractivity contribution in [2.75, 3.05) is 5.32 Å². The Bertz CT molecular complexity index is 1190. The highest BCUT2D eigenvalue weighted by Crippen LogP contribution is 2.27. The van der Waals surface area contributed by atoms with Crippen LogP contribution in [0.5, 0.6) is 0 Å². The second kappa shape index (κ2) is 10.2. The molecule has 0 aliphatic heterocycles. The zero-order valence-corrected chi connectivity index (χ0v) is 19.1. The van der Waals surface area contributed by atoms with Crippen LogP contribution >= 0.6 is 22.9 Å². The first-order valence-corrected chi connectivity index (χ1v) is 11.0. The number of halogens is 4. The number of alkyl halides is 3. The van der Waals surface area contributed by atoms with Crippen molar-refractivity contribution >= 4 is 51.1 Å². The van der Waals surface area contributed by atoms with E-state index in [1.54, 1.807) is 24.3 Å². The van der Waals surface area contributed by atoms with Gasteiger partial charge in [-0.1, -0.05) is 61.1 Å². The summed E-state index contributed by atoms with van der Waals surface area (Å²) in [7, 11) is 0. The van der Waals surface area contributed by atoms with Crippen LogP contribution in [0.25, 0.3) is 0 Å². The Hall–Kier alpha value is -3.11. The van der Waals surface area contributed by atoms with Crippen LogP contribution in [-0.2, 0) is 0 Å². The van der Waals surface area contributed by atoms with Crippen molar-refractivity contribution in [3.8, 4) is 0 Å². The second-order valence-corrected chi connectivity index (χ2v) is 8.71. The summed E-state index contributed by atoms with van der Waals surface area (Å²) >= 11 is 7.37. The maximum atomic E-state index is 13.0. The van der Waals surface area contributed by atoms with Gasteiger partial charge in [-0.15, -0.1) is 10.2 Å². The van der Waals surface area contributed by atoms with Crippen LogP contribution in [0, 0.1) is 5.41 Å². The van der Waals surface area contributed by atoms with Gasteiger partial charge in [-0.3, -0.25) is 15.1 Å². The smallest absolute Gasteiger partial charge is 0.300 e. The molecule has 0 spiro atoms. The molecular weight excluding hydrogens is 475 g/mol. The van der Waals surface area contributed by atoms with Gasteiger partial charge in [0.15, 0.2) is 0 Å². The van der Waals surface area contributed by atoms with E-state index >= 15 is 0 Å². The highest BCUT2D eigenvalue weighted by molar-refractivity contribution is 7.15. The van der Waals surface area contributed by atoms with Gasteiger partial charge in [-0.2, -0.15) is 13.2 Å². The molecule has 0 aliphatic rings. The van der Waals surface area contributed by atoms with Crippen LogP contribution in [0.2, 0.25) is 5.02 Å². The lowest BCUT2D eigenvalue weighted by molar-refractivity contribution is -0.0605. The molecule has 0 fully saturated rings. The monoisotopic (exact) mass is 493 g/mol. The van der Waals surface area contributed by atoms with Gasteiger partial charge in [0.25, 0.3) is 5.91 Å². The lowest BCUT2D eigenvalue weighted by Gasteiger charge is -2.12. The number of carbonyl (C=O) groups excluding carboxylic acids is 1. The van der Waals surface area contributed by atoms with Gasteiger partial charge in [0.1, 0.15) is 10.7 Å². The maximum absolute atomic E-state index is 13.0. The van der Waals surface area contributed by atoms with Crippen molar-refractivity contribution in [2.45, 2.75) is 32.4 Å². The fraction of sp³-hybridized carbons (Fsp3) is 0.227. The number of rotatable bonds is 7. The SMILES string of the molecule is CC(C)c1nnc(NC(=O)c2ccc(C(CC(=N)C(F)(F)F)=Nc3ccccc3Cl)cc2)s1. The molecule has 3 aromatic rings. The van der Waals surface area contributed by atoms with Gasteiger partial charge in [-0.05, 0) is 29.8 Å². The summed E-state index contributed by atoms with van der Waals surface area (Å²) < 4.78 is 39.0. The van der Waals surface area contributed by atoms with E-state index in [9.17, 15) is 18.0 Å². The molecule has 0 unspecified atom stereocenters. The third-order valence-electron chi connectivity index (χ3n) is 4.43. The van der Waals surface area contributed by atoms with Crippen molar-refractivity contribution in [1.82, 2.24) is 10.2 Å². The van der Waals surface area contributed by atoms with Crippen LogP contribution in [-0.4, -0.2) is 33.7 Å². The number of nitrogens with zero attached hydrogens (tertiary/aromatic N) is 3. The van der Waals surface area contributed by atoms with Gasteiger partial charge >= 0.3 is 6.18 Å². The summed E-state index contributed by atoms with van der Waals surface area (Å²) in [6, 6.07) is 12.4. The second-order valence-electron chi connectivity index (χ2n) is 7.29. The minimum absolute atomic E-state index is 0.00285. The molecule has 2 aromatic carbocycles. The molecule has 33 heavy (non-hydrogen) atoms. The van der Waals surface area contributed by atoms with Gasteiger partial charge in [-0.25, -0.2) is 0 Å². The van der Waals surface area contributed by atoms with Crippen LogP contribution in [0.15, 0.2) is 53.5 Å². The molecule has 1 heterocycles. The zero-order chi connectivity index (χ0) is 24.2. The number of aliphatic imine (C=N–C) groups is 1. The molecule has 0 saturated heterocycles. The Labute approximate surface area is 197 Å². The number of aromatic nitrogens is 2. The molecule has 0 radical (unpaired) electrons. The summed E-state index contributed by atoms with van der Waals surface area (Å²) in [6.07, 6.45) is -5.53. The van der Waals surface area contributed by atoms with Gasteiger partial charge in [0, 0.05) is 17.9 Å². The third-order valence-corrected chi connectivity index (χ3v) is 5.89. The van der Waals surface area contributed by atoms with Crippen LogP contribution in [0.4, 0.5) is 24.0 Å². The largest absolute Gasteiger partial charge is 0.429 e. The zero-order valence-electron chi connectivity index (χ0n) is 17.6. The number of nitrogens with one attached hydrogen (secondary N) is 2. The number of carbonyl (C=O) groups is 1. The predicted molar refractivity (Wildman–Crippen MR) is 124 cm³/mol. The third kappa shape index (κ3) is 6.45. The molecule has 172 valence electrons. The quantitative estimate of drug-likeness (QED) is 0.360. The van der Waals surface area contributed by atoms with Crippen molar-refractivity contribution < 1.29 is 18.0 Å². The summed E-state index contributed by atoms with van der Waals surface area (Å²) in [4.78, 5) is 16.8. The van der Waals surface area contributed by atoms with Gasteiger partial charge in [0.05, 0.1) is 16.4 Å². The summed E-state index contributed by atoms with van der Waals surface area (Å²) in [5, 5.41) is 19.4. The van der Waals surface area contributed by atoms with Gasteiger partial charge in [0.2, 0.25) is 5.13 Å². The Kier molecular flexibility index (Phi) is 7.60. The summed E-state index contributed by atoms with van der Waals surface area (Å²) in [6.45, 7) is 3.93. The van der Waals surface area contributed by atoms with Gasteiger partial charge < -0.3 is 5.41 Å². The molecule has 0 atom stereocenters. The van der Waals surface area contributed by atoms with Crippen molar-refractivity contribution in [1.29, 1.82) is 5.41 Å². The van der Waals surface area contributed by atoms with E-state index in [1.807, 2.05) is 13.8 Å². The lowest BCUT2D eigenvalue weighted by Crippen LogP contribution is -2.25. The number of hydrogen-bond acceptors (Lipinski definition) is 6. The molecule has 0 saturated carbocycles. The number of hydrogen-bond donors (Lipinski definition) is 2. The van der Waals surface area contributed by atoms with Crippen LogP contribution in [0.1, 0.15) is 47.1 Å². The average molecular weight is 494 g/mol. The first kappa shape index (κ1) is 24.5. The molecule has 6 nitrogen and oxygen atoms in total. The number of anilines is 1. The minimum atomic E-state index is -4.78. The molecule has 1 aromatic heterocycles. The Morgan fingerprint density at radius 3 is 2.33 bits per heavy atom. The Morgan fingerprint density at radius 1 is 1.12 bits per heavy atom. The maximum Gasteiger partial charge on any atom is 0.429 e. The van der Waals surface area contributed by atoms with Crippen LogP contribution < -0.4 is 5.32 Å². The molecular formula is C22H19ClF3N5OS. The van der Waals surface area contributed by atoms with E-state index in [1.165, 1.54) is 35.6 Å². The number of benzene rings is 2. The van der Waals surface area contributed by atoms with E-state index in [0.717, 1.165) is 5.01 Å². The average Bonchev–Trinajstić information content (AvgIpc) is 3.23. The van der Waals surface area contributed by atoms with Crippen molar-refractivity contribution in [3.05, 3.63) is 69.7 Å². The standard InChI is InChI=1S/C22H19ClF3N5OS/c1-12(2)20-30-31-21(33-20)29-19(32)14-9-7-13(8-10-14)17(11-18(27)22(24,25)26)28-16-6-4-3-5-15(16)23/h3-10,12,27H,11H2,1-2H3,(H,29,31,32). The lowest BCUT2D eigenvalue weighted by atomic mass is 10.0. The normalized spacial score (nSPS) is 12.2. The topological polar surface area (TPSA) is 91.1 Å². The Morgan fingerprint density at radius 2 is 1.76 bits per heavy atom. The molecule has 2 N–H and O–H groups in total. The van der Waals surface area contributed by atoms with Crippen molar-refractivity contribution in [3.63, 3.8) is 0 Å². The fourth-order valence-electron chi connectivity index (χ4n) is 2.66. The molecule has 0 bridgehead atoms. The highest BCUT2D eigenvalue weighted by atomic mass is 35.5. The van der Waals surface area contributed by atoms with Crippen LogP contribution in [0.3, 0.4) is 0 Å². The minimum Gasteiger partial charge on any atom is -0.300 e. The van der Waals surface area contributed by atoms with E-state index in [-0.39, 0.29) is 27.9 Å². The van der Waals surface area contributed by atoms with E-state index in [2.05, 4.69) is 20.5 Å². The van der Waals surface area contributed by atoms with E-state index < -0.39 is 24.2 Å². The van der Waals surface area contributed by atoms with E-state index in [4.69, 9.17) is 17.0 Å². The van der Waals surface area contributed by atoms with Crippen molar-refractivity contribution in [2.24, 2.45) is 4.99 Å². The molecule has 11 heteroatoms. The number of amides is 1. The van der Waals surface area contributed by atoms with E-state index in [0.29, 0.717) is 10.7 Å². The summed E-state index contributed by atoms with van der Waals surface area (Å²) in [5.41, 5.74) is -0.542. The fourth-order valence-corrected chi connectivity index (χ4v) is 3.58. The summed E-state index contributed by atoms with van der Waals surface area (Å²) in [5.74, 6) is -0.251. The molecule has 3 rings (SSSR count). The first-order valence-electron chi connectivity index (χ1n) is 9.76. The number of para-hydroxylation sites is 1. The highest BCUT2D eigenvalue weighted by Gasteiger charge is 2.35. The first-order chi connectivity index (χ1) is 15.5. The predicted octanol–water partition coefficient (Wildman–Crippen LogP) is 6.66. The molecule has 1 amide bonds. The molecule has 0 aliphatic carbocycles. The Balaban J connectivity index is 1.86.